The number of nitrogens with one attached hydrogen (secondary N) is 1. The molecule has 0 aliphatic carbocycles. The van der Waals surface area contributed by atoms with Gasteiger partial charge in [-0.05, 0) is 54.4 Å². The lowest BCUT2D eigenvalue weighted by molar-refractivity contribution is -0.115. The monoisotopic (exact) mass is 440 g/mol. The Hall–Kier alpha value is -2.83. The fraction of sp³-hybridized carbons (Fsp3) is 0.130. The van der Waals surface area contributed by atoms with Gasteiger partial charge in [-0.3, -0.25) is 14.5 Å². The summed E-state index contributed by atoms with van der Waals surface area (Å²) in [7, 11) is 0. The largest absolute Gasteiger partial charge is 0.322 e. The highest BCUT2D eigenvalue weighted by atomic mass is 35.5. The number of halogens is 2. The number of benzene rings is 3. The number of nitrogens with zero attached hydrogens (tertiary/aromatic N) is 1. The van der Waals surface area contributed by atoms with Crippen molar-refractivity contribution < 1.29 is 14.0 Å². The molecule has 1 saturated heterocycles. The third kappa shape index (κ3) is 4.06. The minimum absolute atomic E-state index is 0.0845. The van der Waals surface area contributed by atoms with Gasteiger partial charge in [-0.2, -0.15) is 0 Å². The number of thioether (sulfide) groups is 1. The summed E-state index contributed by atoms with van der Waals surface area (Å²) in [5, 5.41) is 2.91. The zero-order chi connectivity index (χ0) is 21.3. The predicted molar refractivity (Wildman–Crippen MR) is 120 cm³/mol. The van der Waals surface area contributed by atoms with Crippen LogP contribution >= 0.6 is 23.4 Å². The lowest BCUT2D eigenvalue weighted by Crippen LogP contribution is -2.28. The number of hydrogen-bond donors (Lipinski definition) is 1. The first-order valence-corrected chi connectivity index (χ1v) is 10.7. The second-order valence-corrected chi connectivity index (χ2v) is 8.40. The van der Waals surface area contributed by atoms with Crippen molar-refractivity contribution in [3.8, 4) is 0 Å². The normalized spacial score (nSPS) is 16.0. The van der Waals surface area contributed by atoms with Crippen LogP contribution < -0.4 is 10.2 Å². The Labute approximate surface area is 183 Å². The Morgan fingerprint density at radius 3 is 2.70 bits per heavy atom. The number of aryl methyl sites for hydroxylation is 1. The second kappa shape index (κ2) is 8.50. The van der Waals surface area contributed by atoms with Gasteiger partial charge in [-0.25, -0.2) is 4.39 Å². The number of hydrogen-bond acceptors (Lipinski definition) is 3. The van der Waals surface area contributed by atoms with Crippen LogP contribution in [0.2, 0.25) is 5.02 Å². The van der Waals surface area contributed by atoms with Crippen molar-refractivity contribution in [3.05, 3.63) is 94.3 Å². The molecule has 3 aromatic carbocycles. The molecule has 30 heavy (non-hydrogen) atoms. The Kier molecular flexibility index (Phi) is 5.79. The first-order chi connectivity index (χ1) is 14.4. The predicted octanol–water partition coefficient (Wildman–Crippen LogP) is 5.82. The van der Waals surface area contributed by atoms with Crippen molar-refractivity contribution >= 4 is 46.6 Å². The number of rotatable bonds is 4. The van der Waals surface area contributed by atoms with Crippen LogP contribution in [-0.2, 0) is 4.79 Å². The van der Waals surface area contributed by atoms with E-state index in [1.807, 2.05) is 18.2 Å². The van der Waals surface area contributed by atoms with Gasteiger partial charge in [-0.1, -0.05) is 41.9 Å². The second-order valence-electron chi connectivity index (χ2n) is 6.92. The van der Waals surface area contributed by atoms with Gasteiger partial charge in [0.15, 0.2) is 0 Å². The Bertz CT molecular complexity index is 1140. The molecule has 1 atom stereocenters. The first kappa shape index (κ1) is 20.4. The molecule has 0 radical (unpaired) electrons. The Morgan fingerprint density at radius 2 is 1.93 bits per heavy atom. The summed E-state index contributed by atoms with van der Waals surface area (Å²) in [5.74, 6) is -0.447. The summed E-state index contributed by atoms with van der Waals surface area (Å²) in [4.78, 5) is 26.7. The molecular weight excluding hydrogens is 423 g/mol. The lowest BCUT2D eigenvalue weighted by Gasteiger charge is -2.25. The van der Waals surface area contributed by atoms with Crippen LogP contribution in [0.1, 0.15) is 26.9 Å². The summed E-state index contributed by atoms with van der Waals surface area (Å²) in [6, 6.07) is 18.9. The summed E-state index contributed by atoms with van der Waals surface area (Å²) in [6.45, 7) is 1.68. The molecule has 2 amide bonds. The smallest absolute Gasteiger partial charge is 0.257 e. The highest BCUT2D eigenvalue weighted by Gasteiger charge is 2.34. The molecule has 4 rings (SSSR count). The van der Waals surface area contributed by atoms with Crippen LogP contribution in [0.15, 0.2) is 66.7 Å². The Balaban J connectivity index is 1.61. The third-order valence-corrected chi connectivity index (χ3v) is 6.39. The van der Waals surface area contributed by atoms with Gasteiger partial charge in [0.1, 0.15) is 11.2 Å². The highest BCUT2D eigenvalue weighted by Crippen LogP contribution is 2.42. The maximum atomic E-state index is 14.1. The van der Waals surface area contributed by atoms with E-state index in [1.165, 1.54) is 17.8 Å². The molecule has 152 valence electrons. The van der Waals surface area contributed by atoms with Crippen LogP contribution in [-0.4, -0.2) is 17.6 Å². The van der Waals surface area contributed by atoms with E-state index < -0.39 is 0 Å². The number of anilines is 2. The number of carbonyl (C=O) groups excluding carboxylic acids is 2. The molecule has 0 saturated carbocycles. The minimum atomic E-state index is -0.350. The van der Waals surface area contributed by atoms with Gasteiger partial charge < -0.3 is 5.32 Å². The van der Waals surface area contributed by atoms with Gasteiger partial charge in [0.25, 0.3) is 5.91 Å². The van der Waals surface area contributed by atoms with E-state index >= 15 is 0 Å². The average molecular weight is 441 g/mol. The standard InChI is InChI=1S/C23H18ClFN2O2S/c1-14-9-10-17(12-20(14)25)27-21(28)13-30-23(27)15-5-4-6-16(11-15)26-22(29)18-7-2-3-8-19(18)24/h2-12,23H,13H2,1H3,(H,26,29)/t23-/m0/s1. The summed E-state index contributed by atoms with van der Waals surface area (Å²) >= 11 is 7.57. The van der Waals surface area contributed by atoms with E-state index in [9.17, 15) is 14.0 Å². The topological polar surface area (TPSA) is 49.4 Å². The molecule has 0 aromatic heterocycles. The molecule has 1 heterocycles. The van der Waals surface area contributed by atoms with E-state index in [1.54, 1.807) is 54.3 Å². The molecule has 1 aliphatic heterocycles. The van der Waals surface area contributed by atoms with Gasteiger partial charge in [-0.15, -0.1) is 11.8 Å². The van der Waals surface area contributed by atoms with Crippen LogP contribution in [0.3, 0.4) is 0 Å². The molecule has 7 heteroatoms. The van der Waals surface area contributed by atoms with Crippen molar-refractivity contribution in [3.63, 3.8) is 0 Å². The number of carbonyl (C=O) groups is 2. The zero-order valence-electron chi connectivity index (χ0n) is 16.1. The highest BCUT2D eigenvalue weighted by molar-refractivity contribution is 8.00. The van der Waals surface area contributed by atoms with Crippen molar-refractivity contribution in [1.82, 2.24) is 0 Å². The first-order valence-electron chi connectivity index (χ1n) is 9.29. The fourth-order valence-electron chi connectivity index (χ4n) is 3.30. The van der Waals surface area contributed by atoms with E-state index in [0.29, 0.717) is 33.3 Å². The average Bonchev–Trinajstić information content (AvgIpc) is 3.12. The van der Waals surface area contributed by atoms with E-state index in [4.69, 9.17) is 11.6 Å². The zero-order valence-corrected chi connectivity index (χ0v) is 17.6. The van der Waals surface area contributed by atoms with Gasteiger partial charge >= 0.3 is 0 Å². The molecule has 1 fully saturated rings. The molecule has 1 N–H and O–H groups in total. The summed E-state index contributed by atoms with van der Waals surface area (Å²) in [5.41, 5.74) is 2.85. The van der Waals surface area contributed by atoms with Crippen molar-refractivity contribution in [2.75, 3.05) is 16.0 Å². The molecular formula is C23H18ClFN2O2S. The van der Waals surface area contributed by atoms with Gasteiger partial charge in [0, 0.05) is 11.4 Å². The van der Waals surface area contributed by atoms with Crippen molar-refractivity contribution in [2.24, 2.45) is 0 Å². The third-order valence-electron chi connectivity index (χ3n) is 4.85. The van der Waals surface area contributed by atoms with Crippen LogP contribution in [0, 0.1) is 12.7 Å². The summed E-state index contributed by atoms with van der Waals surface area (Å²) in [6.07, 6.45) is 0. The van der Waals surface area contributed by atoms with Gasteiger partial charge in [0.05, 0.1) is 16.3 Å². The molecule has 1 aliphatic rings. The van der Waals surface area contributed by atoms with Crippen molar-refractivity contribution in [2.45, 2.75) is 12.3 Å². The number of amides is 2. The van der Waals surface area contributed by atoms with Crippen molar-refractivity contribution in [1.29, 1.82) is 0 Å². The molecule has 0 spiro atoms. The molecule has 0 bridgehead atoms. The Morgan fingerprint density at radius 1 is 1.13 bits per heavy atom. The summed E-state index contributed by atoms with van der Waals surface area (Å²) < 4.78 is 14.1. The fourth-order valence-corrected chi connectivity index (χ4v) is 4.68. The van der Waals surface area contributed by atoms with Gasteiger partial charge in [0.2, 0.25) is 5.91 Å². The molecule has 4 nitrogen and oxygen atoms in total. The maximum Gasteiger partial charge on any atom is 0.257 e. The lowest BCUT2D eigenvalue weighted by atomic mass is 10.1. The SMILES string of the molecule is Cc1ccc(N2C(=O)CS[C@H]2c2cccc(NC(=O)c3ccccc3Cl)c2)cc1F. The quantitative estimate of drug-likeness (QED) is 0.556. The van der Waals surface area contributed by atoms with E-state index in [2.05, 4.69) is 5.32 Å². The van der Waals surface area contributed by atoms with Crippen LogP contribution in [0.5, 0.6) is 0 Å². The van der Waals surface area contributed by atoms with E-state index in [-0.39, 0.29) is 23.0 Å². The molecule has 0 unspecified atom stereocenters. The minimum Gasteiger partial charge on any atom is -0.322 e. The van der Waals surface area contributed by atoms with Crippen LogP contribution in [0.4, 0.5) is 15.8 Å². The molecule has 3 aromatic rings. The maximum absolute atomic E-state index is 14.1. The van der Waals surface area contributed by atoms with E-state index in [0.717, 1.165) is 5.56 Å². The van der Waals surface area contributed by atoms with Crippen LogP contribution in [0.25, 0.3) is 0 Å².